The Bertz CT molecular complexity index is 955. The molecule has 146 valence electrons. The number of ether oxygens (including phenoxy) is 1. The number of benzene rings is 1. The number of pyridine rings is 1. The molecule has 1 heterocycles. The standard InChI is InChI=1S/C22H25N3O3/c1-14-17-9-5-6-10-18(17)24-15(2)19(14)21(27)28-16(3)20(26)25-22(13-23)11-7-4-8-12-22/h5-6,9-10,16H,4,7-8,11-12H2,1-3H3,(H,25,26)/t16-/m0/s1. The first kappa shape index (κ1) is 19.8. The first-order valence-electron chi connectivity index (χ1n) is 9.67. The van der Waals surface area contributed by atoms with E-state index in [1.807, 2.05) is 31.2 Å². The van der Waals surface area contributed by atoms with Crippen LogP contribution in [-0.4, -0.2) is 28.5 Å². The Morgan fingerprint density at radius 1 is 1.21 bits per heavy atom. The number of carbonyl (C=O) groups excluding carboxylic acids is 2. The summed E-state index contributed by atoms with van der Waals surface area (Å²) in [6.45, 7) is 5.14. The van der Waals surface area contributed by atoms with Gasteiger partial charge in [-0.15, -0.1) is 0 Å². The second-order valence-corrected chi connectivity index (χ2v) is 7.51. The number of nitriles is 1. The molecule has 1 N–H and O–H groups in total. The van der Waals surface area contributed by atoms with Crippen LogP contribution in [0.2, 0.25) is 0 Å². The molecule has 1 fully saturated rings. The summed E-state index contributed by atoms with van der Waals surface area (Å²) in [6.07, 6.45) is 3.14. The van der Waals surface area contributed by atoms with Gasteiger partial charge in [0.2, 0.25) is 0 Å². The number of hydrogen-bond acceptors (Lipinski definition) is 5. The Balaban J connectivity index is 1.76. The molecule has 1 amide bonds. The minimum absolute atomic E-state index is 0.381. The lowest BCUT2D eigenvalue weighted by molar-refractivity contribution is -0.130. The van der Waals surface area contributed by atoms with Crippen molar-refractivity contribution in [1.82, 2.24) is 10.3 Å². The van der Waals surface area contributed by atoms with Gasteiger partial charge in [0.1, 0.15) is 5.54 Å². The predicted octanol–water partition coefficient (Wildman–Crippen LogP) is 3.74. The van der Waals surface area contributed by atoms with Gasteiger partial charge in [0.25, 0.3) is 5.91 Å². The van der Waals surface area contributed by atoms with Gasteiger partial charge in [-0.05, 0) is 45.2 Å². The first-order valence-corrected chi connectivity index (χ1v) is 9.67. The summed E-state index contributed by atoms with van der Waals surface area (Å²) in [7, 11) is 0. The number of rotatable bonds is 4. The molecule has 1 aliphatic rings. The number of nitrogens with zero attached hydrogens (tertiary/aromatic N) is 2. The number of carbonyl (C=O) groups is 2. The third-order valence-electron chi connectivity index (χ3n) is 5.47. The summed E-state index contributed by atoms with van der Waals surface area (Å²) in [5, 5.41) is 13.2. The maximum atomic E-state index is 12.8. The summed E-state index contributed by atoms with van der Waals surface area (Å²) in [6, 6.07) is 9.84. The van der Waals surface area contributed by atoms with Crippen molar-refractivity contribution < 1.29 is 14.3 Å². The molecule has 0 radical (unpaired) electrons. The zero-order valence-corrected chi connectivity index (χ0v) is 16.5. The van der Waals surface area contributed by atoms with Crippen LogP contribution in [0, 0.1) is 25.2 Å². The van der Waals surface area contributed by atoms with E-state index in [4.69, 9.17) is 4.74 Å². The van der Waals surface area contributed by atoms with Crippen molar-refractivity contribution in [3.63, 3.8) is 0 Å². The zero-order chi connectivity index (χ0) is 20.3. The van der Waals surface area contributed by atoms with Crippen LogP contribution in [0.15, 0.2) is 24.3 Å². The van der Waals surface area contributed by atoms with Gasteiger partial charge in [0.05, 0.1) is 22.8 Å². The highest BCUT2D eigenvalue weighted by atomic mass is 16.5. The van der Waals surface area contributed by atoms with Gasteiger partial charge in [-0.25, -0.2) is 4.79 Å². The minimum Gasteiger partial charge on any atom is -0.449 e. The van der Waals surface area contributed by atoms with Crippen LogP contribution in [0.25, 0.3) is 10.9 Å². The maximum Gasteiger partial charge on any atom is 0.341 e. The van der Waals surface area contributed by atoms with Crippen LogP contribution in [0.4, 0.5) is 0 Å². The third kappa shape index (κ3) is 3.84. The van der Waals surface area contributed by atoms with E-state index in [0.717, 1.165) is 35.7 Å². The van der Waals surface area contributed by atoms with Crippen molar-refractivity contribution in [2.24, 2.45) is 0 Å². The van der Waals surface area contributed by atoms with E-state index in [2.05, 4.69) is 16.4 Å². The number of aromatic nitrogens is 1. The molecule has 28 heavy (non-hydrogen) atoms. The number of hydrogen-bond donors (Lipinski definition) is 1. The van der Waals surface area contributed by atoms with Gasteiger partial charge < -0.3 is 10.1 Å². The Morgan fingerprint density at radius 2 is 1.89 bits per heavy atom. The highest BCUT2D eigenvalue weighted by molar-refractivity contribution is 5.99. The van der Waals surface area contributed by atoms with Crippen molar-refractivity contribution in [1.29, 1.82) is 5.26 Å². The van der Waals surface area contributed by atoms with E-state index in [1.54, 1.807) is 6.92 Å². The minimum atomic E-state index is -0.995. The van der Waals surface area contributed by atoms with E-state index >= 15 is 0 Å². The fraction of sp³-hybridized carbons (Fsp3) is 0.455. The quantitative estimate of drug-likeness (QED) is 0.817. The number of esters is 1. The molecule has 1 aromatic heterocycles. The van der Waals surface area contributed by atoms with Gasteiger partial charge in [0.15, 0.2) is 6.10 Å². The SMILES string of the molecule is Cc1nc2ccccc2c(C)c1C(=O)O[C@@H](C)C(=O)NC1(C#N)CCCCC1. The molecular formula is C22H25N3O3. The number of aryl methyl sites for hydroxylation is 2. The van der Waals surface area contributed by atoms with Crippen molar-refractivity contribution in [2.45, 2.75) is 64.5 Å². The average Bonchev–Trinajstić information content (AvgIpc) is 2.68. The summed E-state index contributed by atoms with van der Waals surface area (Å²) >= 11 is 0. The normalized spacial score (nSPS) is 16.8. The second-order valence-electron chi connectivity index (χ2n) is 7.51. The predicted molar refractivity (Wildman–Crippen MR) is 106 cm³/mol. The van der Waals surface area contributed by atoms with Crippen LogP contribution in [-0.2, 0) is 9.53 Å². The summed E-state index contributed by atoms with van der Waals surface area (Å²) in [5.41, 5.74) is 1.68. The summed E-state index contributed by atoms with van der Waals surface area (Å²) < 4.78 is 5.44. The fourth-order valence-corrected chi connectivity index (χ4v) is 3.86. The molecule has 1 atom stereocenters. The number of nitrogens with one attached hydrogen (secondary N) is 1. The van der Waals surface area contributed by atoms with Crippen LogP contribution >= 0.6 is 0 Å². The fourth-order valence-electron chi connectivity index (χ4n) is 3.86. The van der Waals surface area contributed by atoms with Crippen LogP contribution in [0.5, 0.6) is 0 Å². The zero-order valence-electron chi connectivity index (χ0n) is 16.5. The maximum absolute atomic E-state index is 12.8. The first-order chi connectivity index (χ1) is 13.4. The second kappa shape index (κ2) is 7.97. The van der Waals surface area contributed by atoms with E-state index in [0.29, 0.717) is 24.1 Å². The van der Waals surface area contributed by atoms with Crippen molar-refractivity contribution >= 4 is 22.8 Å². The Hall–Kier alpha value is -2.94. The lowest BCUT2D eigenvalue weighted by atomic mass is 9.83. The molecule has 0 bridgehead atoms. The van der Waals surface area contributed by atoms with Gasteiger partial charge >= 0.3 is 5.97 Å². The molecule has 2 aromatic rings. The molecular weight excluding hydrogens is 354 g/mol. The van der Waals surface area contributed by atoms with Crippen LogP contribution in [0.3, 0.4) is 0 Å². The highest BCUT2D eigenvalue weighted by Crippen LogP contribution is 2.28. The Morgan fingerprint density at radius 3 is 2.57 bits per heavy atom. The lowest BCUT2D eigenvalue weighted by Gasteiger charge is -2.32. The summed E-state index contributed by atoms with van der Waals surface area (Å²) in [4.78, 5) is 29.8. The van der Waals surface area contributed by atoms with Gasteiger partial charge in [-0.1, -0.05) is 37.5 Å². The number of fused-ring (bicyclic) bond motifs is 1. The van der Waals surface area contributed by atoms with Crippen molar-refractivity contribution in [3.05, 3.63) is 41.1 Å². The molecule has 6 nitrogen and oxygen atoms in total. The van der Waals surface area contributed by atoms with Crippen molar-refractivity contribution in [2.75, 3.05) is 0 Å². The van der Waals surface area contributed by atoms with Gasteiger partial charge in [0, 0.05) is 5.39 Å². The van der Waals surface area contributed by atoms with E-state index in [9.17, 15) is 14.9 Å². The highest BCUT2D eigenvalue weighted by Gasteiger charge is 2.35. The van der Waals surface area contributed by atoms with Gasteiger partial charge in [-0.2, -0.15) is 5.26 Å². The molecule has 0 unspecified atom stereocenters. The largest absolute Gasteiger partial charge is 0.449 e. The molecule has 0 aliphatic heterocycles. The Kier molecular flexibility index (Phi) is 5.64. The average molecular weight is 379 g/mol. The molecule has 1 aliphatic carbocycles. The van der Waals surface area contributed by atoms with Crippen LogP contribution in [0.1, 0.15) is 60.6 Å². The lowest BCUT2D eigenvalue weighted by Crippen LogP contribution is -2.52. The van der Waals surface area contributed by atoms with E-state index < -0.39 is 23.5 Å². The van der Waals surface area contributed by atoms with Gasteiger partial charge in [-0.3, -0.25) is 9.78 Å². The van der Waals surface area contributed by atoms with Crippen LogP contribution < -0.4 is 5.32 Å². The molecule has 3 rings (SSSR count). The molecule has 0 saturated heterocycles. The Labute approximate surface area is 164 Å². The summed E-state index contributed by atoms with van der Waals surface area (Å²) in [5.74, 6) is -1.02. The molecule has 6 heteroatoms. The number of amides is 1. The monoisotopic (exact) mass is 379 g/mol. The molecule has 1 saturated carbocycles. The topological polar surface area (TPSA) is 92.1 Å². The molecule has 0 spiro atoms. The van der Waals surface area contributed by atoms with E-state index in [1.165, 1.54) is 6.92 Å². The molecule has 1 aromatic carbocycles. The smallest absolute Gasteiger partial charge is 0.341 e. The third-order valence-corrected chi connectivity index (χ3v) is 5.47. The van der Waals surface area contributed by atoms with Crippen molar-refractivity contribution in [3.8, 4) is 6.07 Å². The number of para-hydroxylation sites is 1. The van der Waals surface area contributed by atoms with E-state index in [-0.39, 0.29) is 0 Å².